The number of hydrogen-bond donors (Lipinski definition) is 0. The van der Waals surface area contributed by atoms with Crippen LogP contribution in [0.2, 0.25) is 0 Å². The largest absolute Gasteiger partial charge is 0.489 e. The van der Waals surface area contributed by atoms with Crippen LogP contribution in [-0.4, -0.2) is 56.6 Å². The molecule has 384 valence electrons. The number of rotatable bonds is 16. The second kappa shape index (κ2) is 23.3. The fourth-order valence-electron chi connectivity index (χ4n) is 6.88. The van der Waals surface area contributed by atoms with Crippen molar-refractivity contribution in [3.8, 4) is 34.4 Å². The number of methoxy groups -OCH3 is 2. The molecule has 0 bridgehead atoms. The Labute approximate surface area is 407 Å². The van der Waals surface area contributed by atoms with Gasteiger partial charge in [-0.25, -0.2) is 28.3 Å². The number of ether oxygens (including phenoxy) is 6. The van der Waals surface area contributed by atoms with Gasteiger partial charge in [-0.05, 0) is 98.5 Å². The summed E-state index contributed by atoms with van der Waals surface area (Å²) in [5.74, 6) is 0.629. The van der Waals surface area contributed by atoms with Crippen LogP contribution in [0.5, 0.6) is 23.0 Å². The van der Waals surface area contributed by atoms with Gasteiger partial charge < -0.3 is 28.4 Å². The summed E-state index contributed by atoms with van der Waals surface area (Å²) in [7, 11) is 4.44. The average molecular weight is 1010 g/mol. The van der Waals surface area contributed by atoms with E-state index in [9.17, 15) is 55.1 Å². The molecule has 0 aliphatic carbocycles. The lowest BCUT2D eigenvalue weighted by Crippen LogP contribution is -2.40. The summed E-state index contributed by atoms with van der Waals surface area (Å²) in [5, 5.41) is 0. The SMILES string of the molecule is CCc1ccc(COc2ccc(-n3c(=O)cc(C(F)(F)F)n(C)c3=O)cc2)c(OC(C)C(=O)OC)c1.CCc1ccc(COc2ccc(-n3c(=O)cc(C(F)(F)F)n(C)c3=O)cc2)c(OC(C)C(=O)OC)c1. The Hall–Kier alpha value is -8.04. The monoisotopic (exact) mass is 1010 g/mol. The molecule has 0 amide bonds. The van der Waals surface area contributed by atoms with Crippen LogP contribution in [0.1, 0.15) is 61.3 Å². The summed E-state index contributed by atoms with van der Waals surface area (Å²) in [6, 6.07) is 23.3. The highest BCUT2D eigenvalue weighted by atomic mass is 19.4. The maximum Gasteiger partial charge on any atom is 0.431 e. The van der Waals surface area contributed by atoms with Crippen molar-refractivity contribution < 1.29 is 64.4 Å². The van der Waals surface area contributed by atoms with Crippen molar-refractivity contribution >= 4 is 11.9 Å². The van der Waals surface area contributed by atoms with Crippen molar-refractivity contribution in [3.05, 3.63) is 172 Å². The molecule has 0 saturated carbocycles. The second-order valence-corrected chi connectivity index (χ2v) is 15.8. The van der Waals surface area contributed by atoms with Gasteiger partial charge >= 0.3 is 35.7 Å². The minimum atomic E-state index is -4.84. The molecule has 0 radical (unpaired) electrons. The summed E-state index contributed by atoms with van der Waals surface area (Å²) in [4.78, 5) is 73.0. The van der Waals surface area contributed by atoms with E-state index in [0.717, 1.165) is 38.1 Å². The highest BCUT2D eigenvalue weighted by molar-refractivity contribution is 5.75. The zero-order valence-corrected chi connectivity index (χ0v) is 40.2. The predicted octanol–water partition coefficient (Wildman–Crippen LogP) is 7.27. The number of aryl methyl sites for hydroxylation is 2. The summed E-state index contributed by atoms with van der Waals surface area (Å²) < 4.78 is 113. The maximum absolute atomic E-state index is 13.1. The number of alkyl halides is 6. The van der Waals surface area contributed by atoms with Gasteiger partial charge in [-0.15, -0.1) is 0 Å². The lowest BCUT2D eigenvalue weighted by Gasteiger charge is -2.17. The van der Waals surface area contributed by atoms with E-state index >= 15 is 0 Å². The minimum Gasteiger partial charge on any atom is -0.489 e. The molecular weight excluding hydrogens is 963 g/mol. The maximum atomic E-state index is 13.1. The molecule has 72 heavy (non-hydrogen) atoms. The van der Waals surface area contributed by atoms with Crippen LogP contribution in [0.3, 0.4) is 0 Å². The Morgan fingerprint density at radius 2 is 0.861 bits per heavy atom. The van der Waals surface area contributed by atoms with Gasteiger partial charge in [-0.2, -0.15) is 26.3 Å². The van der Waals surface area contributed by atoms with Gasteiger partial charge in [-0.1, -0.05) is 38.1 Å². The predicted molar refractivity (Wildman–Crippen MR) is 249 cm³/mol. The van der Waals surface area contributed by atoms with Gasteiger partial charge in [0.1, 0.15) is 47.6 Å². The van der Waals surface area contributed by atoms with Crippen LogP contribution in [0.15, 0.2) is 116 Å². The average Bonchev–Trinajstić information content (AvgIpc) is 3.35. The van der Waals surface area contributed by atoms with Gasteiger partial charge in [0.2, 0.25) is 0 Å². The molecule has 6 rings (SSSR count). The lowest BCUT2D eigenvalue weighted by molar-refractivity contribution is -0.148. The Bertz CT molecular complexity index is 2930. The molecule has 0 N–H and O–H groups in total. The van der Waals surface area contributed by atoms with Gasteiger partial charge in [-0.3, -0.25) is 18.7 Å². The molecule has 2 atom stereocenters. The fourth-order valence-corrected chi connectivity index (χ4v) is 6.88. The van der Waals surface area contributed by atoms with E-state index in [1.54, 1.807) is 13.8 Å². The highest BCUT2D eigenvalue weighted by Gasteiger charge is 2.36. The summed E-state index contributed by atoms with van der Waals surface area (Å²) >= 11 is 0. The summed E-state index contributed by atoms with van der Waals surface area (Å²) in [5.41, 5.74) is -3.60. The van der Waals surface area contributed by atoms with E-state index in [-0.39, 0.29) is 24.6 Å². The quantitative estimate of drug-likeness (QED) is 0.0701. The van der Waals surface area contributed by atoms with E-state index in [0.29, 0.717) is 64.5 Å². The zero-order valence-electron chi connectivity index (χ0n) is 40.2. The van der Waals surface area contributed by atoms with Gasteiger partial charge in [0.25, 0.3) is 11.1 Å². The smallest absolute Gasteiger partial charge is 0.431 e. The highest BCUT2D eigenvalue weighted by Crippen LogP contribution is 2.30. The number of aromatic nitrogens is 4. The Kier molecular flexibility index (Phi) is 17.7. The number of nitrogens with zero attached hydrogens (tertiary/aromatic N) is 4. The number of esters is 2. The molecule has 0 spiro atoms. The number of hydrogen-bond acceptors (Lipinski definition) is 12. The molecule has 2 aromatic heterocycles. The van der Waals surface area contributed by atoms with Crippen LogP contribution in [0, 0.1) is 0 Å². The third-order valence-electron chi connectivity index (χ3n) is 11.0. The minimum absolute atomic E-state index is 0.0779. The Balaban J connectivity index is 0.000000267. The van der Waals surface area contributed by atoms with E-state index in [4.69, 9.17) is 28.4 Å². The molecule has 2 unspecified atom stereocenters. The van der Waals surface area contributed by atoms with Crippen molar-refractivity contribution in [1.29, 1.82) is 0 Å². The first-order valence-corrected chi connectivity index (χ1v) is 21.9. The Morgan fingerprint density at radius 1 is 0.528 bits per heavy atom. The third-order valence-corrected chi connectivity index (χ3v) is 11.0. The van der Waals surface area contributed by atoms with Crippen molar-refractivity contribution in [2.24, 2.45) is 14.1 Å². The topological polar surface area (TPSA) is 178 Å². The number of halogens is 6. The molecule has 0 aliphatic heterocycles. The van der Waals surface area contributed by atoms with Crippen molar-refractivity contribution in [3.63, 3.8) is 0 Å². The first kappa shape index (κ1) is 54.9. The zero-order chi connectivity index (χ0) is 53.2. The van der Waals surface area contributed by atoms with Crippen LogP contribution < -0.4 is 41.4 Å². The van der Waals surface area contributed by atoms with E-state index in [1.807, 2.05) is 50.2 Å². The van der Waals surface area contributed by atoms with E-state index < -0.39 is 70.4 Å². The molecule has 6 aromatic rings. The van der Waals surface area contributed by atoms with Crippen LogP contribution in [0.4, 0.5) is 26.3 Å². The van der Waals surface area contributed by atoms with Crippen LogP contribution in [0.25, 0.3) is 11.4 Å². The van der Waals surface area contributed by atoms with E-state index in [2.05, 4.69) is 0 Å². The number of carbonyl (C=O) groups excluding carboxylic acids is 2. The van der Waals surface area contributed by atoms with Gasteiger partial charge in [0.05, 0.1) is 25.6 Å². The molecule has 22 heteroatoms. The fraction of sp³-hybridized carbons (Fsp3) is 0.320. The molecule has 0 fully saturated rings. The first-order chi connectivity index (χ1) is 33.9. The number of carbonyl (C=O) groups is 2. The van der Waals surface area contributed by atoms with Crippen molar-refractivity contribution in [1.82, 2.24) is 18.3 Å². The van der Waals surface area contributed by atoms with Crippen molar-refractivity contribution in [2.45, 2.75) is 78.3 Å². The summed E-state index contributed by atoms with van der Waals surface area (Å²) in [6.07, 6.45) is -9.82. The van der Waals surface area contributed by atoms with Crippen LogP contribution in [-0.2, 0) is 71.6 Å². The number of benzene rings is 4. The molecular formula is C50H50F6N4O12. The molecule has 4 aromatic carbocycles. The normalized spacial score (nSPS) is 12.2. The summed E-state index contributed by atoms with van der Waals surface area (Å²) in [6.45, 7) is 7.26. The lowest BCUT2D eigenvalue weighted by atomic mass is 10.1. The molecule has 2 heterocycles. The van der Waals surface area contributed by atoms with Gasteiger partial charge in [0, 0.05) is 37.4 Å². The molecule has 0 aliphatic rings. The molecule has 16 nitrogen and oxygen atoms in total. The van der Waals surface area contributed by atoms with Crippen molar-refractivity contribution in [2.75, 3.05) is 14.2 Å². The molecule has 0 saturated heterocycles. The van der Waals surface area contributed by atoms with Gasteiger partial charge in [0.15, 0.2) is 12.2 Å². The van der Waals surface area contributed by atoms with E-state index in [1.165, 1.54) is 62.8 Å². The van der Waals surface area contributed by atoms with Crippen LogP contribution >= 0.6 is 0 Å². The first-order valence-electron chi connectivity index (χ1n) is 21.9. The second-order valence-electron chi connectivity index (χ2n) is 15.8. The Morgan fingerprint density at radius 3 is 1.15 bits per heavy atom. The third kappa shape index (κ3) is 13.2. The standard InChI is InChI=1S/2C25H25F3N2O6/c2*1-5-16-6-7-17(20(12-16)36-15(2)23(32)34-4)14-35-19-10-8-18(9-11-19)30-22(31)13-21(25(26,27)28)29(3)24(30)33/h2*6-13,15H,5,14H2,1-4H3.